The van der Waals surface area contributed by atoms with Crippen molar-refractivity contribution >= 4 is 17.5 Å². The largest absolute Gasteiger partial charge is 0.316 e. The van der Waals surface area contributed by atoms with Gasteiger partial charge in [-0.3, -0.25) is 10.1 Å². The monoisotopic (exact) mass is 325 g/mol. The molecule has 3 aliphatic rings. The van der Waals surface area contributed by atoms with Gasteiger partial charge in [-0.1, -0.05) is 6.07 Å². The quantitative estimate of drug-likeness (QED) is 0.908. The maximum atomic E-state index is 12.0. The summed E-state index contributed by atoms with van der Waals surface area (Å²) in [4.78, 5) is 16.6. The summed E-state index contributed by atoms with van der Waals surface area (Å²) in [6, 6.07) is 4.33. The van der Waals surface area contributed by atoms with Gasteiger partial charge in [0.05, 0.1) is 0 Å². The lowest BCUT2D eigenvalue weighted by atomic mass is 9.79. The number of nitrogens with one attached hydrogen (secondary N) is 2. The van der Waals surface area contributed by atoms with Gasteiger partial charge in [0.1, 0.15) is 0 Å². The van der Waals surface area contributed by atoms with Gasteiger partial charge >= 0.3 is 0 Å². The molecule has 0 radical (unpaired) electrons. The maximum absolute atomic E-state index is 12.0. The molecule has 5 rings (SSSR count). The van der Waals surface area contributed by atoms with Crippen molar-refractivity contribution in [3.63, 3.8) is 0 Å². The van der Waals surface area contributed by atoms with Gasteiger partial charge in [0.2, 0.25) is 11.9 Å². The second kappa shape index (κ2) is 5.02. The molecule has 0 aromatic carbocycles. The first-order chi connectivity index (χ1) is 11.6. The summed E-state index contributed by atoms with van der Waals surface area (Å²) in [7, 11) is 0. The lowest BCUT2D eigenvalue weighted by Crippen LogP contribution is -2.51. The standard InChI is InChI=1S/C18H23N5O/c1-11-2-5-14(13-6-7-18(8-13)9-19-10-18)23-15(11)20-17(22-23)21-16(24)12-3-4-12/h2,5,12-13,19H,3-4,6-10H2,1H3,(H,21,22,24). The molecule has 2 saturated carbocycles. The number of carbonyl (C=O) groups excluding carboxylic acids is 1. The van der Waals surface area contributed by atoms with Crippen LogP contribution < -0.4 is 10.6 Å². The molecule has 1 atom stereocenters. The van der Waals surface area contributed by atoms with Crippen molar-refractivity contribution in [1.82, 2.24) is 19.9 Å². The van der Waals surface area contributed by atoms with E-state index in [1.807, 2.05) is 11.4 Å². The van der Waals surface area contributed by atoms with E-state index in [1.165, 1.54) is 25.0 Å². The van der Waals surface area contributed by atoms with Gasteiger partial charge in [0.15, 0.2) is 5.65 Å². The Morgan fingerprint density at radius 2 is 2.17 bits per heavy atom. The SMILES string of the molecule is Cc1ccc(C2CCC3(CNC3)C2)n2nc(NC(=O)C3CC3)nc12. The zero-order valence-electron chi connectivity index (χ0n) is 14.0. The van der Waals surface area contributed by atoms with Crippen LogP contribution in [0.5, 0.6) is 0 Å². The van der Waals surface area contributed by atoms with Crippen molar-refractivity contribution in [2.45, 2.75) is 44.9 Å². The van der Waals surface area contributed by atoms with Crippen LogP contribution in [0.4, 0.5) is 5.95 Å². The normalized spacial score (nSPS) is 25.1. The summed E-state index contributed by atoms with van der Waals surface area (Å²) in [6.07, 6.45) is 5.70. The number of pyridine rings is 1. The Balaban J connectivity index is 1.48. The van der Waals surface area contributed by atoms with Crippen LogP contribution in [0.1, 0.15) is 49.3 Å². The minimum Gasteiger partial charge on any atom is -0.316 e. The molecule has 126 valence electrons. The molecule has 2 aromatic rings. The first-order valence-corrected chi connectivity index (χ1v) is 9.01. The molecule has 1 spiro atoms. The minimum absolute atomic E-state index is 0.0606. The fourth-order valence-corrected chi connectivity index (χ4v) is 4.28. The van der Waals surface area contributed by atoms with Gasteiger partial charge in [-0.25, -0.2) is 4.52 Å². The summed E-state index contributed by atoms with van der Waals surface area (Å²) in [5.41, 5.74) is 3.70. The zero-order valence-corrected chi connectivity index (χ0v) is 14.0. The second-order valence-electron chi connectivity index (χ2n) is 7.92. The molecule has 24 heavy (non-hydrogen) atoms. The summed E-state index contributed by atoms with van der Waals surface area (Å²) in [5.74, 6) is 1.20. The first-order valence-electron chi connectivity index (χ1n) is 9.01. The molecule has 2 N–H and O–H groups in total. The van der Waals surface area contributed by atoms with Crippen LogP contribution in [0.25, 0.3) is 5.65 Å². The predicted octanol–water partition coefficient (Wildman–Crippen LogP) is 2.24. The Hall–Kier alpha value is -1.95. The van der Waals surface area contributed by atoms with Gasteiger partial charge in [-0.15, -0.1) is 5.10 Å². The average Bonchev–Trinajstić information content (AvgIpc) is 3.14. The van der Waals surface area contributed by atoms with E-state index in [-0.39, 0.29) is 11.8 Å². The molecule has 2 aliphatic carbocycles. The third-order valence-corrected chi connectivity index (χ3v) is 6.01. The van der Waals surface area contributed by atoms with Crippen LogP contribution in [-0.2, 0) is 4.79 Å². The smallest absolute Gasteiger partial charge is 0.249 e. The van der Waals surface area contributed by atoms with Crippen LogP contribution in [0.15, 0.2) is 12.1 Å². The van der Waals surface area contributed by atoms with E-state index in [4.69, 9.17) is 0 Å². The van der Waals surface area contributed by atoms with Crippen molar-refractivity contribution in [3.8, 4) is 0 Å². The number of rotatable bonds is 3. The molecule has 1 amide bonds. The van der Waals surface area contributed by atoms with E-state index in [2.05, 4.69) is 32.8 Å². The highest BCUT2D eigenvalue weighted by Gasteiger charge is 2.44. The van der Waals surface area contributed by atoms with Crippen LogP contribution in [0.2, 0.25) is 0 Å². The Bertz CT molecular complexity index is 818. The Labute approximate surface area is 141 Å². The predicted molar refractivity (Wildman–Crippen MR) is 91.0 cm³/mol. The molecule has 3 fully saturated rings. The van der Waals surface area contributed by atoms with Crippen LogP contribution >= 0.6 is 0 Å². The number of fused-ring (bicyclic) bond motifs is 1. The number of anilines is 1. The number of aromatic nitrogens is 3. The van der Waals surface area contributed by atoms with Gasteiger partial charge in [0, 0.05) is 30.6 Å². The molecular formula is C18H23N5O. The minimum atomic E-state index is 0.0606. The summed E-state index contributed by atoms with van der Waals surface area (Å²) < 4.78 is 1.97. The van der Waals surface area contributed by atoms with Crippen LogP contribution in [0.3, 0.4) is 0 Å². The maximum Gasteiger partial charge on any atom is 0.249 e. The molecular weight excluding hydrogens is 302 g/mol. The summed E-state index contributed by atoms with van der Waals surface area (Å²) in [5, 5.41) is 10.9. The van der Waals surface area contributed by atoms with E-state index in [9.17, 15) is 4.79 Å². The highest BCUT2D eigenvalue weighted by Crippen LogP contribution is 2.48. The molecule has 1 aliphatic heterocycles. The number of hydrogen-bond acceptors (Lipinski definition) is 4. The van der Waals surface area contributed by atoms with E-state index >= 15 is 0 Å². The van der Waals surface area contributed by atoms with Crippen molar-refractivity contribution in [2.24, 2.45) is 11.3 Å². The summed E-state index contributed by atoms with van der Waals surface area (Å²) in [6.45, 7) is 4.35. The van der Waals surface area contributed by atoms with E-state index < -0.39 is 0 Å². The first kappa shape index (κ1) is 14.4. The van der Waals surface area contributed by atoms with Crippen LogP contribution in [0, 0.1) is 18.3 Å². The number of aryl methyl sites for hydroxylation is 1. The second-order valence-corrected chi connectivity index (χ2v) is 7.92. The summed E-state index contributed by atoms with van der Waals surface area (Å²) >= 11 is 0. The number of hydrogen-bond donors (Lipinski definition) is 2. The topological polar surface area (TPSA) is 71.3 Å². The lowest BCUT2D eigenvalue weighted by Gasteiger charge is -2.39. The van der Waals surface area contributed by atoms with Crippen molar-refractivity contribution < 1.29 is 4.79 Å². The van der Waals surface area contributed by atoms with Crippen molar-refractivity contribution in [1.29, 1.82) is 0 Å². The van der Waals surface area contributed by atoms with Crippen LogP contribution in [-0.4, -0.2) is 33.6 Å². The van der Waals surface area contributed by atoms with Gasteiger partial charge < -0.3 is 5.32 Å². The van der Waals surface area contributed by atoms with Gasteiger partial charge in [-0.05, 0) is 56.1 Å². The number of nitrogens with zero attached hydrogens (tertiary/aromatic N) is 3. The molecule has 3 heterocycles. The van der Waals surface area contributed by atoms with Gasteiger partial charge in [0.25, 0.3) is 0 Å². The zero-order chi connectivity index (χ0) is 16.3. The highest BCUT2D eigenvalue weighted by molar-refractivity contribution is 5.92. The Morgan fingerprint density at radius 3 is 2.83 bits per heavy atom. The van der Waals surface area contributed by atoms with Crippen molar-refractivity contribution in [2.75, 3.05) is 18.4 Å². The van der Waals surface area contributed by atoms with E-state index in [0.29, 0.717) is 17.3 Å². The molecule has 6 nitrogen and oxygen atoms in total. The highest BCUT2D eigenvalue weighted by atomic mass is 16.2. The molecule has 1 saturated heterocycles. The number of amides is 1. The fraction of sp³-hybridized carbons (Fsp3) is 0.611. The third-order valence-electron chi connectivity index (χ3n) is 6.01. The number of carbonyl (C=O) groups is 1. The van der Waals surface area contributed by atoms with Gasteiger partial charge in [-0.2, -0.15) is 4.98 Å². The Morgan fingerprint density at radius 1 is 1.33 bits per heavy atom. The third kappa shape index (κ3) is 2.24. The molecule has 6 heteroatoms. The lowest BCUT2D eigenvalue weighted by molar-refractivity contribution is -0.117. The van der Waals surface area contributed by atoms with E-state index in [0.717, 1.165) is 37.1 Å². The average molecular weight is 325 g/mol. The molecule has 2 aromatic heterocycles. The molecule has 1 unspecified atom stereocenters. The van der Waals surface area contributed by atoms with E-state index in [1.54, 1.807) is 0 Å². The Kier molecular flexibility index (Phi) is 3.01. The molecule has 0 bridgehead atoms. The van der Waals surface area contributed by atoms with Crippen molar-refractivity contribution in [3.05, 3.63) is 23.4 Å². The fourth-order valence-electron chi connectivity index (χ4n) is 4.28.